The molecule has 2 heterocycles. The van der Waals surface area contributed by atoms with Gasteiger partial charge in [0, 0.05) is 22.6 Å². The quantitative estimate of drug-likeness (QED) is 0.460. The fourth-order valence-corrected chi connectivity index (χ4v) is 3.71. The molecule has 3 aromatic rings. The van der Waals surface area contributed by atoms with Crippen LogP contribution in [-0.4, -0.2) is 31.5 Å². The Morgan fingerprint density at radius 1 is 0.727 bits per heavy atom. The Hall–Kier alpha value is -4.21. The van der Waals surface area contributed by atoms with Crippen molar-refractivity contribution in [2.75, 3.05) is 34.5 Å². The van der Waals surface area contributed by atoms with Crippen LogP contribution in [0.4, 0.5) is 38.0 Å². The standard InChI is InChI=1S/C24H21N5O4/c30-22(26-16-7-3-1-4-8-16)28-18-13-19-21(25-15-24(19)32-11-12-33-24)20(14-18)29-23(31)27-17-9-5-2-6-10-17/h1-10,13-15H,11-12H2,(H2,26,28,30)(H2,27,29,31). The van der Waals surface area contributed by atoms with Crippen molar-refractivity contribution in [2.24, 2.45) is 4.99 Å². The van der Waals surface area contributed by atoms with Gasteiger partial charge in [-0.05, 0) is 36.4 Å². The summed E-state index contributed by atoms with van der Waals surface area (Å²) < 4.78 is 11.6. The second-order valence-corrected chi connectivity index (χ2v) is 7.43. The van der Waals surface area contributed by atoms with Crippen molar-refractivity contribution < 1.29 is 19.1 Å². The van der Waals surface area contributed by atoms with E-state index in [2.05, 4.69) is 26.3 Å². The molecule has 5 rings (SSSR count). The molecule has 0 saturated carbocycles. The first-order valence-corrected chi connectivity index (χ1v) is 10.4. The van der Waals surface area contributed by atoms with Crippen LogP contribution in [0.1, 0.15) is 5.56 Å². The molecule has 0 unspecified atom stereocenters. The van der Waals surface area contributed by atoms with Crippen LogP contribution in [0, 0.1) is 0 Å². The molecule has 1 spiro atoms. The first kappa shape index (κ1) is 20.7. The highest BCUT2D eigenvalue weighted by atomic mass is 16.7. The van der Waals surface area contributed by atoms with Gasteiger partial charge in [0.25, 0.3) is 0 Å². The summed E-state index contributed by atoms with van der Waals surface area (Å²) in [7, 11) is 0. The number of hydrogen-bond acceptors (Lipinski definition) is 5. The fourth-order valence-electron chi connectivity index (χ4n) is 3.71. The van der Waals surface area contributed by atoms with Gasteiger partial charge < -0.3 is 30.7 Å². The number of amides is 4. The number of aliphatic imine (C=N–C) groups is 1. The molecule has 9 nitrogen and oxygen atoms in total. The maximum Gasteiger partial charge on any atom is 0.323 e. The van der Waals surface area contributed by atoms with Crippen molar-refractivity contribution in [3.05, 3.63) is 78.4 Å². The number of hydrogen-bond donors (Lipinski definition) is 4. The molecule has 0 radical (unpaired) electrons. The minimum Gasteiger partial charge on any atom is -0.339 e. The number of para-hydroxylation sites is 2. The number of urea groups is 2. The van der Waals surface area contributed by atoms with Crippen molar-refractivity contribution in [1.29, 1.82) is 0 Å². The second kappa shape index (κ2) is 8.73. The summed E-state index contributed by atoms with van der Waals surface area (Å²) in [6.07, 6.45) is 1.57. The fraction of sp³-hybridized carbons (Fsp3) is 0.125. The van der Waals surface area contributed by atoms with Gasteiger partial charge in [0.1, 0.15) is 0 Å². The molecule has 1 saturated heterocycles. The van der Waals surface area contributed by atoms with Gasteiger partial charge in [0.15, 0.2) is 0 Å². The van der Waals surface area contributed by atoms with E-state index in [0.717, 1.165) is 0 Å². The Labute approximate surface area is 189 Å². The Kier molecular flexibility index (Phi) is 5.47. The summed E-state index contributed by atoms with van der Waals surface area (Å²) in [5, 5.41) is 11.2. The minimum absolute atomic E-state index is 0.406. The summed E-state index contributed by atoms with van der Waals surface area (Å²) in [6, 6.07) is 20.7. The van der Waals surface area contributed by atoms with Crippen LogP contribution < -0.4 is 21.3 Å². The molecule has 0 aromatic heterocycles. The largest absolute Gasteiger partial charge is 0.339 e. The van der Waals surface area contributed by atoms with Crippen LogP contribution in [0.2, 0.25) is 0 Å². The summed E-state index contributed by atoms with van der Waals surface area (Å²) in [5.74, 6) is -1.13. The zero-order valence-corrected chi connectivity index (χ0v) is 17.5. The first-order valence-electron chi connectivity index (χ1n) is 10.4. The molecule has 4 N–H and O–H groups in total. The molecular formula is C24H21N5O4. The summed E-state index contributed by atoms with van der Waals surface area (Å²) in [4.78, 5) is 29.6. The van der Waals surface area contributed by atoms with Crippen LogP contribution >= 0.6 is 0 Å². The zero-order chi connectivity index (χ0) is 22.7. The molecule has 9 heteroatoms. The maximum absolute atomic E-state index is 12.6. The molecule has 4 amide bonds. The average Bonchev–Trinajstić information content (AvgIpc) is 3.43. The zero-order valence-electron chi connectivity index (χ0n) is 17.5. The third kappa shape index (κ3) is 4.40. The first-order chi connectivity index (χ1) is 16.1. The van der Waals surface area contributed by atoms with Crippen LogP contribution in [0.25, 0.3) is 0 Å². The number of nitrogens with one attached hydrogen (secondary N) is 4. The van der Waals surface area contributed by atoms with E-state index in [1.54, 1.807) is 42.6 Å². The molecular weight excluding hydrogens is 422 g/mol. The molecule has 0 atom stereocenters. The molecule has 2 aliphatic heterocycles. The summed E-state index contributed by atoms with van der Waals surface area (Å²) >= 11 is 0. The summed E-state index contributed by atoms with van der Waals surface area (Å²) in [5.41, 5.74) is 3.26. The minimum atomic E-state index is -1.13. The van der Waals surface area contributed by atoms with E-state index >= 15 is 0 Å². The van der Waals surface area contributed by atoms with E-state index in [0.29, 0.717) is 47.2 Å². The number of ether oxygens (including phenoxy) is 2. The van der Waals surface area contributed by atoms with Gasteiger partial charge in [0.2, 0.25) is 5.79 Å². The number of nitrogens with zero attached hydrogens (tertiary/aromatic N) is 1. The second-order valence-electron chi connectivity index (χ2n) is 7.43. The number of rotatable bonds is 4. The molecule has 0 bridgehead atoms. The Balaban J connectivity index is 1.41. The van der Waals surface area contributed by atoms with Crippen LogP contribution in [0.15, 0.2) is 77.8 Å². The number of benzene rings is 3. The molecule has 3 aromatic carbocycles. The van der Waals surface area contributed by atoms with Gasteiger partial charge in [-0.1, -0.05) is 36.4 Å². The molecule has 1 fully saturated rings. The third-order valence-electron chi connectivity index (χ3n) is 5.13. The lowest BCUT2D eigenvalue weighted by Crippen LogP contribution is -2.27. The molecule has 0 aliphatic carbocycles. The lowest BCUT2D eigenvalue weighted by Gasteiger charge is -2.22. The van der Waals surface area contributed by atoms with Crippen LogP contribution in [0.5, 0.6) is 0 Å². The normalized spacial score (nSPS) is 15.2. The van der Waals surface area contributed by atoms with E-state index in [1.165, 1.54) is 0 Å². The average molecular weight is 443 g/mol. The van der Waals surface area contributed by atoms with Crippen molar-refractivity contribution in [2.45, 2.75) is 5.79 Å². The molecule has 2 aliphatic rings. The van der Waals surface area contributed by atoms with Crippen molar-refractivity contribution in [3.63, 3.8) is 0 Å². The van der Waals surface area contributed by atoms with Crippen LogP contribution in [0.3, 0.4) is 0 Å². The van der Waals surface area contributed by atoms with Crippen molar-refractivity contribution in [3.8, 4) is 0 Å². The summed E-state index contributed by atoms with van der Waals surface area (Å²) in [6.45, 7) is 0.823. The number of anilines is 4. The molecule has 33 heavy (non-hydrogen) atoms. The molecule has 166 valence electrons. The number of carbonyl (C=O) groups is 2. The smallest absolute Gasteiger partial charge is 0.323 e. The van der Waals surface area contributed by atoms with E-state index in [4.69, 9.17) is 9.47 Å². The maximum atomic E-state index is 12.6. The van der Waals surface area contributed by atoms with E-state index in [9.17, 15) is 9.59 Å². The lowest BCUT2D eigenvalue weighted by atomic mass is 10.0. The third-order valence-corrected chi connectivity index (χ3v) is 5.13. The van der Waals surface area contributed by atoms with Gasteiger partial charge in [-0.2, -0.15) is 0 Å². The number of fused-ring (bicyclic) bond motifs is 2. The van der Waals surface area contributed by atoms with Gasteiger partial charge >= 0.3 is 12.1 Å². The predicted molar refractivity (Wildman–Crippen MR) is 126 cm³/mol. The highest BCUT2D eigenvalue weighted by Crippen LogP contribution is 2.46. The highest BCUT2D eigenvalue weighted by molar-refractivity contribution is 6.05. The van der Waals surface area contributed by atoms with E-state index in [-0.39, 0.29) is 0 Å². The predicted octanol–water partition coefficient (Wildman–Crippen LogP) is 4.89. The Bertz CT molecular complexity index is 1210. The van der Waals surface area contributed by atoms with Crippen LogP contribution in [-0.2, 0) is 15.3 Å². The van der Waals surface area contributed by atoms with E-state index in [1.807, 2.05) is 36.4 Å². The topological polar surface area (TPSA) is 113 Å². The Morgan fingerprint density at radius 2 is 1.27 bits per heavy atom. The van der Waals surface area contributed by atoms with Crippen molar-refractivity contribution in [1.82, 2.24) is 0 Å². The van der Waals surface area contributed by atoms with E-state index < -0.39 is 17.8 Å². The van der Waals surface area contributed by atoms with Gasteiger partial charge in [0.05, 0.1) is 30.8 Å². The SMILES string of the molecule is O=C(Nc1ccccc1)Nc1cc(NC(=O)Nc2ccccc2)c2c(c1)C1(C=N2)OCCO1. The highest BCUT2D eigenvalue weighted by Gasteiger charge is 2.43. The lowest BCUT2D eigenvalue weighted by molar-refractivity contribution is -0.0969. The monoisotopic (exact) mass is 443 g/mol. The number of carbonyl (C=O) groups excluding carboxylic acids is 2. The van der Waals surface area contributed by atoms with Gasteiger partial charge in [-0.25, -0.2) is 9.59 Å². The van der Waals surface area contributed by atoms with Gasteiger partial charge in [-0.3, -0.25) is 4.99 Å². The van der Waals surface area contributed by atoms with Gasteiger partial charge in [-0.15, -0.1) is 0 Å². The van der Waals surface area contributed by atoms with Crippen molar-refractivity contribution >= 4 is 46.7 Å². The Morgan fingerprint density at radius 3 is 1.88 bits per heavy atom.